The van der Waals surface area contributed by atoms with Gasteiger partial charge in [-0.3, -0.25) is 9.59 Å². The molecule has 0 unspecified atom stereocenters. The van der Waals surface area contributed by atoms with E-state index in [0.717, 1.165) is 12.3 Å². The second kappa shape index (κ2) is 6.59. The molecule has 0 aromatic heterocycles. The molecule has 2 amide bonds. The van der Waals surface area contributed by atoms with E-state index in [4.69, 9.17) is 0 Å². The molecular weight excluding hydrogens is 299 g/mol. The Kier molecular flexibility index (Phi) is 5.29. The molecule has 120 valence electrons. The fraction of sp³-hybridized carbons (Fsp3) is 0.357. The molecule has 22 heavy (non-hydrogen) atoms. The predicted molar refractivity (Wildman–Crippen MR) is 75.1 cm³/mol. The van der Waals surface area contributed by atoms with Crippen LogP contribution in [0.15, 0.2) is 29.4 Å². The fourth-order valence-electron chi connectivity index (χ4n) is 1.48. The maximum Gasteiger partial charge on any atom is 0.417 e. The maximum atomic E-state index is 12.7. The molecule has 0 atom stereocenters. The van der Waals surface area contributed by atoms with Crippen LogP contribution in [-0.4, -0.2) is 23.6 Å². The number of alkyl halides is 3. The Bertz CT molecular complexity index is 590. The molecule has 0 aliphatic rings. The zero-order chi connectivity index (χ0) is 17.0. The van der Waals surface area contributed by atoms with Crippen LogP contribution in [-0.2, 0) is 15.8 Å². The van der Waals surface area contributed by atoms with Gasteiger partial charge in [0.2, 0.25) is 0 Å². The van der Waals surface area contributed by atoms with Gasteiger partial charge >= 0.3 is 18.0 Å². The van der Waals surface area contributed by atoms with E-state index in [1.807, 2.05) is 5.43 Å². The van der Waals surface area contributed by atoms with E-state index in [9.17, 15) is 22.8 Å². The summed E-state index contributed by atoms with van der Waals surface area (Å²) in [5.74, 6) is -1.98. The molecule has 0 aliphatic carbocycles. The van der Waals surface area contributed by atoms with Crippen LogP contribution < -0.4 is 10.7 Å². The minimum atomic E-state index is -4.53. The molecule has 5 nitrogen and oxygen atoms in total. The van der Waals surface area contributed by atoms with Gasteiger partial charge in [0, 0.05) is 11.1 Å². The lowest BCUT2D eigenvalue weighted by atomic mass is 10.1. The highest BCUT2D eigenvalue weighted by atomic mass is 19.4. The van der Waals surface area contributed by atoms with Gasteiger partial charge in [-0.25, -0.2) is 5.43 Å². The topological polar surface area (TPSA) is 70.6 Å². The third kappa shape index (κ3) is 5.55. The van der Waals surface area contributed by atoms with Gasteiger partial charge in [0.15, 0.2) is 0 Å². The van der Waals surface area contributed by atoms with Gasteiger partial charge in [0.1, 0.15) is 0 Å². The van der Waals surface area contributed by atoms with Crippen molar-refractivity contribution in [2.24, 2.45) is 5.10 Å². The quantitative estimate of drug-likeness (QED) is 0.498. The number of amides is 2. The van der Waals surface area contributed by atoms with Crippen LogP contribution in [0, 0.1) is 0 Å². The van der Waals surface area contributed by atoms with E-state index in [-0.39, 0.29) is 5.56 Å². The van der Waals surface area contributed by atoms with Crippen LogP contribution >= 0.6 is 0 Å². The number of benzene rings is 1. The van der Waals surface area contributed by atoms with Gasteiger partial charge in [0.25, 0.3) is 0 Å². The van der Waals surface area contributed by atoms with Gasteiger partial charge in [-0.1, -0.05) is 18.2 Å². The molecule has 8 heteroatoms. The first-order valence-corrected chi connectivity index (χ1v) is 6.32. The molecule has 1 aromatic carbocycles. The summed E-state index contributed by atoms with van der Waals surface area (Å²) in [4.78, 5) is 22.9. The highest BCUT2D eigenvalue weighted by Crippen LogP contribution is 2.30. The summed E-state index contributed by atoms with van der Waals surface area (Å²) in [6.07, 6.45) is -3.69. The number of hydrogen-bond donors (Lipinski definition) is 2. The average molecular weight is 315 g/mol. The van der Waals surface area contributed by atoms with E-state index < -0.39 is 29.1 Å². The van der Waals surface area contributed by atoms with Gasteiger partial charge in [-0.05, 0) is 26.8 Å². The van der Waals surface area contributed by atoms with Crippen LogP contribution in [0.1, 0.15) is 31.9 Å². The molecule has 0 fully saturated rings. The summed E-state index contributed by atoms with van der Waals surface area (Å²) < 4.78 is 38.2. The molecule has 0 saturated heterocycles. The fourth-order valence-corrected chi connectivity index (χ4v) is 1.48. The van der Waals surface area contributed by atoms with E-state index >= 15 is 0 Å². The largest absolute Gasteiger partial charge is 0.417 e. The van der Waals surface area contributed by atoms with Crippen LogP contribution in [0.4, 0.5) is 13.2 Å². The van der Waals surface area contributed by atoms with E-state index in [1.165, 1.54) is 18.2 Å². The Morgan fingerprint density at radius 3 is 2.23 bits per heavy atom. The SMILES string of the molecule is CC(C)(C)NC(=O)C(=O)N/N=C\c1ccccc1C(F)(F)F. The van der Waals surface area contributed by atoms with Gasteiger partial charge in [-0.2, -0.15) is 18.3 Å². The van der Waals surface area contributed by atoms with E-state index in [0.29, 0.717) is 0 Å². The summed E-state index contributed by atoms with van der Waals surface area (Å²) in [5, 5.41) is 5.78. The zero-order valence-electron chi connectivity index (χ0n) is 12.3. The second-order valence-corrected chi connectivity index (χ2v) is 5.49. The number of hydrogen-bond acceptors (Lipinski definition) is 3. The lowest BCUT2D eigenvalue weighted by Crippen LogP contribution is -2.47. The normalized spacial score (nSPS) is 12.3. The number of hydrazone groups is 1. The molecule has 0 spiro atoms. The first-order chi connectivity index (χ1) is 10.0. The third-order valence-corrected chi connectivity index (χ3v) is 2.33. The minimum Gasteiger partial charge on any atom is -0.343 e. The Morgan fingerprint density at radius 1 is 1.09 bits per heavy atom. The van der Waals surface area contributed by atoms with Gasteiger partial charge in [-0.15, -0.1) is 0 Å². The van der Waals surface area contributed by atoms with E-state index in [2.05, 4.69) is 10.4 Å². The highest BCUT2D eigenvalue weighted by Gasteiger charge is 2.32. The molecule has 0 radical (unpaired) electrons. The van der Waals surface area contributed by atoms with Crippen LogP contribution in [0.3, 0.4) is 0 Å². The van der Waals surface area contributed by atoms with Crippen molar-refractivity contribution in [1.29, 1.82) is 0 Å². The number of carbonyl (C=O) groups is 2. The third-order valence-electron chi connectivity index (χ3n) is 2.33. The van der Waals surface area contributed by atoms with Crippen LogP contribution in [0.2, 0.25) is 0 Å². The summed E-state index contributed by atoms with van der Waals surface area (Å²) >= 11 is 0. The summed E-state index contributed by atoms with van der Waals surface area (Å²) in [6, 6.07) is 4.75. The molecule has 2 N–H and O–H groups in total. The summed E-state index contributed by atoms with van der Waals surface area (Å²) in [5.41, 5.74) is 0.175. The van der Waals surface area contributed by atoms with Gasteiger partial charge in [0.05, 0.1) is 11.8 Å². The molecule has 1 rings (SSSR count). The van der Waals surface area contributed by atoms with Gasteiger partial charge < -0.3 is 5.32 Å². The van der Waals surface area contributed by atoms with Crippen molar-refractivity contribution in [2.45, 2.75) is 32.5 Å². The molecule has 0 heterocycles. The van der Waals surface area contributed by atoms with Crippen molar-refractivity contribution >= 4 is 18.0 Å². The summed E-state index contributed by atoms with van der Waals surface area (Å²) in [7, 11) is 0. The average Bonchev–Trinajstić information content (AvgIpc) is 2.36. The second-order valence-electron chi connectivity index (χ2n) is 5.49. The van der Waals surface area contributed by atoms with Crippen molar-refractivity contribution in [3.05, 3.63) is 35.4 Å². The predicted octanol–water partition coefficient (Wildman–Crippen LogP) is 2.07. The van der Waals surface area contributed by atoms with E-state index in [1.54, 1.807) is 20.8 Å². The number of nitrogens with one attached hydrogen (secondary N) is 2. The Labute approximate surface area is 125 Å². The smallest absolute Gasteiger partial charge is 0.343 e. The van der Waals surface area contributed by atoms with Crippen molar-refractivity contribution < 1.29 is 22.8 Å². The van der Waals surface area contributed by atoms with Crippen LogP contribution in [0.5, 0.6) is 0 Å². The lowest BCUT2D eigenvalue weighted by Gasteiger charge is -2.19. The minimum absolute atomic E-state index is 0.216. The first-order valence-electron chi connectivity index (χ1n) is 6.32. The van der Waals surface area contributed by atoms with Crippen molar-refractivity contribution in [3.63, 3.8) is 0 Å². The number of rotatable bonds is 2. The maximum absolute atomic E-state index is 12.7. The number of nitrogens with zero attached hydrogens (tertiary/aromatic N) is 1. The number of halogens is 3. The molecule has 0 bridgehead atoms. The monoisotopic (exact) mass is 315 g/mol. The Morgan fingerprint density at radius 2 is 1.68 bits per heavy atom. The Hall–Kier alpha value is -2.38. The molecule has 1 aromatic rings. The zero-order valence-corrected chi connectivity index (χ0v) is 12.3. The van der Waals surface area contributed by atoms with Crippen molar-refractivity contribution in [3.8, 4) is 0 Å². The van der Waals surface area contributed by atoms with Crippen LogP contribution in [0.25, 0.3) is 0 Å². The first kappa shape index (κ1) is 17.7. The Balaban J connectivity index is 2.75. The molecule has 0 saturated carbocycles. The molecule has 0 aliphatic heterocycles. The molecular formula is C14H16F3N3O2. The number of carbonyl (C=O) groups excluding carboxylic acids is 2. The lowest BCUT2D eigenvalue weighted by molar-refractivity contribution is -0.140. The standard InChI is InChI=1S/C14H16F3N3O2/c1-13(2,3)19-11(21)12(22)20-18-8-9-6-4-5-7-10(9)14(15,16)17/h4-8H,1-3H3,(H,19,21)(H,20,22)/b18-8-. The van der Waals surface area contributed by atoms with Crippen molar-refractivity contribution in [2.75, 3.05) is 0 Å². The summed E-state index contributed by atoms with van der Waals surface area (Å²) in [6.45, 7) is 5.04. The van der Waals surface area contributed by atoms with Crippen molar-refractivity contribution in [1.82, 2.24) is 10.7 Å². The highest BCUT2D eigenvalue weighted by molar-refractivity contribution is 6.35.